The predicted octanol–water partition coefficient (Wildman–Crippen LogP) is 1.19. The molecule has 0 fully saturated rings. The first-order valence-electron chi connectivity index (χ1n) is 5.98. The number of aliphatic hydroxyl groups excluding tert-OH is 1. The van der Waals surface area contributed by atoms with Gasteiger partial charge >= 0.3 is 0 Å². The van der Waals surface area contributed by atoms with Gasteiger partial charge in [-0.05, 0) is 38.5 Å². The number of sulfonamides is 1. The maximum absolute atomic E-state index is 13.8. The number of nitrogens with two attached hydrogens (primary N) is 1. The van der Waals surface area contributed by atoms with Crippen molar-refractivity contribution in [3.05, 3.63) is 24.0 Å². The Morgan fingerprint density at radius 3 is 2.53 bits per heavy atom. The highest BCUT2D eigenvalue weighted by molar-refractivity contribution is 7.89. The van der Waals surface area contributed by atoms with Gasteiger partial charge in [-0.25, -0.2) is 12.8 Å². The minimum atomic E-state index is -3.93. The van der Waals surface area contributed by atoms with Crippen molar-refractivity contribution in [3.8, 4) is 0 Å². The summed E-state index contributed by atoms with van der Waals surface area (Å²) in [6, 6.07) is 3.17. The highest BCUT2D eigenvalue weighted by atomic mass is 32.2. The number of halogens is 1. The molecule has 0 spiro atoms. The molecule has 0 radical (unpaired) electrons. The molecule has 0 atom stereocenters. The topological polar surface area (TPSA) is 83.6 Å². The largest absolute Gasteiger partial charge is 0.399 e. The highest BCUT2D eigenvalue weighted by Gasteiger charge is 2.29. The van der Waals surface area contributed by atoms with Gasteiger partial charge in [0.1, 0.15) is 10.7 Å². The van der Waals surface area contributed by atoms with Gasteiger partial charge in [0, 0.05) is 24.9 Å². The van der Waals surface area contributed by atoms with Crippen molar-refractivity contribution in [2.75, 3.05) is 18.9 Å². The van der Waals surface area contributed by atoms with Gasteiger partial charge in [-0.1, -0.05) is 0 Å². The zero-order valence-corrected chi connectivity index (χ0v) is 11.8. The second kappa shape index (κ2) is 6.31. The molecule has 0 unspecified atom stereocenters. The van der Waals surface area contributed by atoms with Crippen LogP contribution in [0.15, 0.2) is 23.1 Å². The lowest BCUT2D eigenvalue weighted by molar-refractivity contribution is 0.258. The number of nitrogen functional groups attached to an aromatic ring is 1. The molecule has 0 bridgehead atoms. The second-order valence-electron chi connectivity index (χ2n) is 4.48. The van der Waals surface area contributed by atoms with Crippen molar-refractivity contribution < 1.29 is 17.9 Å². The maximum atomic E-state index is 13.8. The second-order valence-corrected chi connectivity index (χ2v) is 6.34. The molecule has 1 rings (SSSR count). The SMILES string of the molecule is CC(C)N(CCCO)S(=O)(=O)c1ccc(N)cc1F. The van der Waals surface area contributed by atoms with Gasteiger partial charge in [-0.3, -0.25) is 0 Å². The van der Waals surface area contributed by atoms with Crippen molar-refractivity contribution in [1.29, 1.82) is 0 Å². The van der Waals surface area contributed by atoms with Gasteiger partial charge in [0.15, 0.2) is 0 Å². The molecule has 7 heteroatoms. The van der Waals surface area contributed by atoms with Crippen molar-refractivity contribution in [2.45, 2.75) is 31.2 Å². The summed E-state index contributed by atoms with van der Waals surface area (Å²) in [5, 5.41) is 8.81. The number of hydrogen-bond acceptors (Lipinski definition) is 4. The zero-order chi connectivity index (χ0) is 14.6. The van der Waals surface area contributed by atoms with Gasteiger partial charge in [0.2, 0.25) is 10.0 Å². The molecule has 3 N–H and O–H groups in total. The minimum absolute atomic E-state index is 0.122. The van der Waals surface area contributed by atoms with Crippen LogP contribution in [0, 0.1) is 5.82 Å². The molecule has 0 amide bonds. The summed E-state index contributed by atoms with van der Waals surface area (Å²) in [4.78, 5) is -0.395. The van der Waals surface area contributed by atoms with E-state index in [0.29, 0.717) is 6.42 Å². The number of hydrogen-bond donors (Lipinski definition) is 2. The van der Waals surface area contributed by atoms with Crippen molar-refractivity contribution in [3.63, 3.8) is 0 Å². The lowest BCUT2D eigenvalue weighted by atomic mass is 10.3. The molecular formula is C12H19FN2O3S. The number of anilines is 1. The molecule has 5 nitrogen and oxygen atoms in total. The summed E-state index contributed by atoms with van der Waals surface area (Å²) < 4.78 is 39.7. The Kier molecular flexibility index (Phi) is 5.28. The highest BCUT2D eigenvalue weighted by Crippen LogP contribution is 2.23. The number of rotatable bonds is 6. The van der Waals surface area contributed by atoms with Crippen LogP contribution >= 0.6 is 0 Å². The lowest BCUT2D eigenvalue weighted by Crippen LogP contribution is -2.38. The normalized spacial score (nSPS) is 12.3. The lowest BCUT2D eigenvalue weighted by Gasteiger charge is -2.25. The van der Waals surface area contributed by atoms with Gasteiger partial charge in [-0.2, -0.15) is 4.31 Å². The van der Waals surface area contributed by atoms with Crippen molar-refractivity contribution in [2.24, 2.45) is 0 Å². The molecule has 0 aliphatic carbocycles. The van der Waals surface area contributed by atoms with Gasteiger partial charge in [-0.15, -0.1) is 0 Å². The van der Waals surface area contributed by atoms with E-state index in [1.54, 1.807) is 13.8 Å². The molecule has 0 aliphatic rings. The predicted molar refractivity (Wildman–Crippen MR) is 71.5 cm³/mol. The number of aliphatic hydroxyl groups is 1. The van der Waals surface area contributed by atoms with Gasteiger partial charge < -0.3 is 10.8 Å². The zero-order valence-electron chi connectivity index (χ0n) is 11.0. The van der Waals surface area contributed by atoms with E-state index in [9.17, 15) is 12.8 Å². The first-order valence-corrected chi connectivity index (χ1v) is 7.42. The van der Waals surface area contributed by atoms with E-state index in [2.05, 4.69) is 0 Å². The van der Waals surface area contributed by atoms with Crippen LogP contribution in [0.2, 0.25) is 0 Å². The molecule has 0 heterocycles. The monoisotopic (exact) mass is 290 g/mol. The third kappa shape index (κ3) is 3.65. The Hall–Kier alpha value is -1.18. The Bertz CT molecular complexity index is 532. The first kappa shape index (κ1) is 15.9. The standard InChI is InChI=1S/C12H19FN2O3S/c1-9(2)15(6-3-7-16)19(17,18)12-5-4-10(14)8-11(12)13/h4-5,8-9,16H,3,6-7,14H2,1-2H3. The Morgan fingerprint density at radius 1 is 1.42 bits per heavy atom. The molecule has 108 valence electrons. The molecule has 0 saturated carbocycles. The van der Waals surface area contributed by atoms with Crippen LogP contribution in [-0.2, 0) is 10.0 Å². The van der Waals surface area contributed by atoms with E-state index in [-0.39, 0.29) is 24.9 Å². The average Bonchev–Trinajstić information content (AvgIpc) is 2.27. The fourth-order valence-electron chi connectivity index (χ4n) is 1.74. The average molecular weight is 290 g/mol. The molecule has 19 heavy (non-hydrogen) atoms. The summed E-state index contributed by atoms with van der Waals surface area (Å²) in [6.07, 6.45) is 0.300. The molecule has 0 aromatic heterocycles. The van der Waals surface area contributed by atoms with E-state index < -0.39 is 20.7 Å². The van der Waals surface area contributed by atoms with E-state index >= 15 is 0 Å². The summed E-state index contributed by atoms with van der Waals surface area (Å²) in [7, 11) is -3.93. The van der Waals surface area contributed by atoms with E-state index in [1.807, 2.05) is 0 Å². The van der Waals surface area contributed by atoms with Crippen LogP contribution in [0.3, 0.4) is 0 Å². The van der Waals surface area contributed by atoms with Crippen LogP contribution < -0.4 is 5.73 Å². The van der Waals surface area contributed by atoms with Crippen LogP contribution in [0.5, 0.6) is 0 Å². The maximum Gasteiger partial charge on any atom is 0.246 e. The van der Waals surface area contributed by atoms with Crippen LogP contribution in [0.4, 0.5) is 10.1 Å². The van der Waals surface area contributed by atoms with Crippen molar-refractivity contribution in [1.82, 2.24) is 4.31 Å². The summed E-state index contributed by atoms with van der Waals surface area (Å²) >= 11 is 0. The molecule has 0 aliphatic heterocycles. The van der Waals surface area contributed by atoms with Gasteiger partial charge in [0.05, 0.1) is 0 Å². The fourth-order valence-corrected chi connectivity index (χ4v) is 3.46. The fraction of sp³-hybridized carbons (Fsp3) is 0.500. The Balaban J connectivity index is 3.19. The molecule has 0 saturated heterocycles. The molecular weight excluding hydrogens is 271 g/mol. The van der Waals surface area contributed by atoms with Crippen molar-refractivity contribution >= 4 is 15.7 Å². The Morgan fingerprint density at radius 2 is 2.05 bits per heavy atom. The van der Waals surface area contributed by atoms with Crippen LogP contribution in [0.1, 0.15) is 20.3 Å². The van der Waals surface area contributed by atoms with E-state index in [0.717, 1.165) is 16.4 Å². The number of nitrogens with zero attached hydrogens (tertiary/aromatic N) is 1. The summed E-state index contributed by atoms with van der Waals surface area (Å²) in [6.45, 7) is 3.41. The minimum Gasteiger partial charge on any atom is -0.399 e. The number of benzene rings is 1. The van der Waals surface area contributed by atoms with E-state index in [1.165, 1.54) is 6.07 Å². The smallest absolute Gasteiger partial charge is 0.246 e. The van der Waals surface area contributed by atoms with Crippen LogP contribution in [-0.4, -0.2) is 37.0 Å². The summed E-state index contributed by atoms with van der Waals surface area (Å²) in [5.41, 5.74) is 5.57. The molecule has 1 aromatic carbocycles. The third-order valence-corrected chi connectivity index (χ3v) is 4.76. The molecule has 1 aromatic rings. The first-order chi connectivity index (χ1) is 8.80. The quantitative estimate of drug-likeness (QED) is 0.771. The van der Waals surface area contributed by atoms with Gasteiger partial charge in [0.25, 0.3) is 0 Å². The van der Waals surface area contributed by atoms with E-state index in [4.69, 9.17) is 10.8 Å². The summed E-state index contributed by atoms with van der Waals surface area (Å²) in [5.74, 6) is -0.866. The third-order valence-electron chi connectivity index (χ3n) is 2.66. The Labute approximate surface area is 112 Å². The van der Waals surface area contributed by atoms with Crippen LogP contribution in [0.25, 0.3) is 0 Å².